The average Bonchev–Trinajstić information content (AvgIpc) is 3.68. The number of carbonyl (C=O) groups is 5. The van der Waals surface area contributed by atoms with Crippen molar-refractivity contribution in [1.82, 2.24) is 35.2 Å². The van der Waals surface area contributed by atoms with Gasteiger partial charge in [-0.15, -0.1) is 0 Å². The van der Waals surface area contributed by atoms with Crippen molar-refractivity contribution >= 4 is 44.5 Å². The molecule has 0 aliphatic rings. The van der Waals surface area contributed by atoms with Gasteiger partial charge in [-0.2, -0.15) is 0 Å². The minimum absolute atomic E-state index is 0.00339. The Hall–Kier alpha value is -3.18. The molecule has 1 aromatic heterocycles. The lowest BCUT2D eigenvalue weighted by Gasteiger charge is -2.30. The number of rotatable bonds is 28. The minimum Gasteiger partial charge on any atom is -0.481 e. The Morgan fingerprint density at radius 2 is 1.41 bits per heavy atom. The van der Waals surface area contributed by atoms with Crippen molar-refractivity contribution < 1.29 is 48.0 Å². The fourth-order valence-corrected chi connectivity index (χ4v) is 7.53. The summed E-state index contributed by atoms with van der Waals surface area (Å²) in [6, 6.07) is -0.336. The van der Waals surface area contributed by atoms with Crippen molar-refractivity contribution in [2.24, 2.45) is 15.4 Å². The van der Waals surface area contributed by atoms with Gasteiger partial charge in [0.15, 0.2) is 0 Å². The second-order valence-electron chi connectivity index (χ2n) is 12.1. The molecule has 1 aromatic rings. The number of esters is 3. The Balaban J connectivity index is 0.00000120. The minimum atomic E-state index is -2.09. The molecule has 0 saturated heterocycles. The van der Waals surface area contributed by atoms with Crippen LogP contribution in [0.15, 0.2) is 28.2 Å². The molecule has 4 atom stereocenters. The number of nitrogens with zero attached hydrogens (tertiary/aromatic N) is 4. The van der Waals surface area contributed by atoms with Gasteiger partial charge in [0.2, 0.25) is 5.91 Å². The number of carboxylic acid groups (broad SMARTS) is 1. The molecule has 0 fully saturated rings. The maximum Gasteiger partial charge on any atom is 0.323 e. The smallest absolute Gasteiger partial charge is 0.323 e. The summed E-state index contributed by atoms with van der Waals surface area (Å²) in [7, 11) is 1.05. The zero-order chi connectivity index (χ0) is 40.8. The molecule has 19 nitrogen and oxygen atoms in total. The molecule has 0 aliphatic carbocycles. The summed E-state index contributed by atoms with van der Waals surface area (Å²) in [5, 5.41) is 24.4. The van der Waals surface area contributed by atoms with Gasteiger partial charge in [-0.05, 0) is 32.6 Å². The molecule has 54 heavy (non-hydrogen) atoms. The molecule has 312 valence electrons. The standard InChI is InChI=1S/C20H35N6O7P.C13H30N3O3P/c1-21-34(2,25-11-15-33-20(31)7-5-18(28)29)24-10-14-32-19(30)6-4-17(27)23-8-3-12-26-13-9-22-16-26;1-7-11(3)12(13(17)19-8-2)16-20(6,14-4)15-9-10-18-5/h9,13,16,24-25H,3-8,10-12,14-15H2,1-2H3,(H,23,27)(H,28,29);11-12,15-16H,7-10H2,1-6H3. The Morgan fingerprint density at radius 1 is 0.833 bits per heavy atom. The van der Waals surface area contributed by atoms with E-state index in [1.165, 1.54) is 0 Å². The molecule has 0 saturated carbocycles. The van der Waals surface area contributed by atoms with E-state index in [4.69, 9.17) is 24.1 Å². The number of imidazole rings is 1. The van der Waals surface area contributed by atoms with E-state index < -0.39 is 32.6 Å². The number of aliphatic carboxylic acids is 1. The van der Waals surface area contributed by atoms with E-state index in [1.807, 2.05) is 37.9 Å². The summed E-state index contributed by atoms with van der Waals surface area (Å²) in [5.74, 6) is -2.28. The molecule has 21 heteroatoms. The van der Waals surface area contributed by atoms with E-state index >= 15 is 0 Å². The maximum absolute atomic E-state index is 12.1. The molecule has 0 aliphatic heterocycles. The molecule has 1 rings (SSSR count). The van der Waals surface area contributed by atoms with E-state index in [2.05, 4.69) is 47.1 Å². The SMILES string of the molecule is CCOC(=O)C(NP(C)(=NC)NCCOC)C(C)CC.CN=P(C)(NCCOC(=O)CCC(=O)O)NCCOC(=O)CCC(=O)NCCCn1ccnc1. The molecule has 0 aromatic carbocycles. The van der Waals surface area contributed by atoms with Crippen molar-refractivity contribution in [1.29, 1.82) is 0 Å². The predicted octanol–water partition coefficient (Wildman–Crippen LogP) is 2.67. The van der Waals surface area contributed by atoms with Crippen molar-refractivity contribution in [2.75, 3.05) is 87.1 Å². The van der Waals surface area contributed by atoms with Gasteiger partial charge < -0.3 is 33.9 Å². The van der Waals surface area contributed by atoms with Crippen LogP contribution in [0.25, 0.3) is 0 Å². The fraction of sp³-hybridized carbons (Fsp3) is 0.758. The summed E-state index contributed by atoms with van der Waals surface area (Å²) in [6.07, 6.45) is 6.57. The van der Waals surface area contributed by atoms with Gasteiger partial charge in [-0.25, -0.2) is 4.98 Å². The normalized spacial score (nSPS) is 14.1. The van der Waals surface area contributed by atoms with Crippen LogP contribution < -0.4 is 25.7 Å². The van der Waals surface area contributed by atoms with E-state index in [0.717, 1.165) is 19.4 Å². The first-order chi connectivity index (χ1) is 25.7. The van der Waals surface area contributed by atoms with Gasteiger partial charge >= 0.3 is 23.9 Å². The second-order valence-corrected chi connectivity index (χ2v) is 18.0. The van der Waals surface area contributed by atoms with Crippen LogP contribution in [0, 0.1) is 5.92 Å². The Labute approximate surface area is 320 Å². The number of carbonyl (C=O) groups excluding carboxylic acids is 4. The van der Waals surface area contributed by atoms with Crippen molar-refractivity contribution in [2.45, 2.75) is 71.9 Å². The number of ether oxygens (including phenoxy) is 4. The molecule has 4 unspecified atom stereocenters. The van der Waals surface area contributed by atoms with Crippen LogP contribution in [-0.4, -0.2) is 138 Å². The molecular weight excluding hydrogens is 744 g/mol. The third kappa shape index (κ3) is 25.0. The molecule has 1 heterocycles. The van der Waals surface area contributed by atoms with Crippen LogP contribution in [0.2, 0.25) is 0 Å². The van der Waals surface area contributed by atoms with Gasteiger partial charge in [0, 0.05) is 72.7 Å². The maximum atomic E-state index is 12.1. The zero-order valence-corrected chi connectivity index (χ0v) is 35.1. The lowest BCUT2D eigenvalue weighted by Crippen LogP contribution is -2.43. The molecular formula is C33H65N9O10P2. The van der Waals surface area contributed by atoms with Gasteiger partial charge in [0.05, 0.1) is 53.5 Å². The third-order valence-electron chi connectivity index (χ3n) is 7.81. The Bertz CT molecular complexity index is 1350. The van der Waals surface area contributed by atoms with Crippen LogP contribution >= 0.6 is 14.7 Å². The zero-order valence-electron chi connectivity index (χ0n) is 33.3. The highest BCUT2D eigenvalue weighted by Gasteiger charge is 2.29. The number of aryl methyl sites for hydroxylation is 1. The topological polar surface area (TPSA) is 245 Å². The number of carboxylic acids is 1. The third-order valence-corrected chi connectivity index (χ3v) is 12.7. The Kier molecular flexibility index (Phi) is 28.3. The van der Waals surface area contributed by atoms with E-state index in [0.29, 0.717) is 39.4 Å². The Morgan fingerprint density at radius 3 is 1.91 bits per heavy atom. The predicted molar refractivity (Wildman–Crippen MR) is 209 cm³/mol. The molecule has 6 N–H and O–H groups in total. The lowest BCUT2D eigenvalue weighted by atomic mass is 10.0. The van der Waals surface area contributed by atoms with Crippen molar-refractivity contribution in [3.05, 3.63) is 18.7 Å². The first-order valence-corrected chi connectivity index (χ1v) is 22.5. The summed E-state index contributed by atoms with van der Waals surface area (Å²) < 4.78 is 30.9. The summed E-state index contributed by atoms with van der Waals surface area (Å²) in [5.41, 5.74) is 0. The average molecular weight is 810 g/mol. The van der Waals surface area contributed by atoms with Crippen LogP contribution in [-0.2, 0) is 49.5 Å². The first kappa shape index (κ1) is 50.8. The quantitative estimate of drug-likeness (QED) is 0.0309. The largest absolute Gasteiger partial charge is 0.481 e. The molecule has 0 bridgehead atoms. The summed E-state index contributed by atoms with van der Waals surface area (Å²) in [6.45, 7) is 13.7. The van der Waals surface area contributed by atoms with Crippen LogP contribution in [0.5, 0.6) is 0 Å². The van der Waals surface area contributed by atoms with Gasteiger partial charge in [0.25, 0.3) is 0 Å². The fourth-order valence-electron chi connectivity index (χ4n) is 4.31. The number of nitrogens with one attached hydrogen (secondary N) is 5. The molecule has 0 spiro atoms. The van der Waals surface area contributed by atoms with Gasteiger partial charge in [-0.3, -0.25) is 53.8 Å². The second kappa shape index (κ2) is 30.1. The number of aromatic nitrogens is 2. The first-order valence-electron chi connectivity index (χ1n) is 18.1. The van der Waals surface area contributed by atoms with Gasteiger partial charge in [0.1, 0.15) is 19.3 Å². The molecule has 1 amide bonds. The highest BCUT2D eigenvalue weighted by Crippen LogP contribution is 2.37. The highest BCUT2D eigenvalue weighted by molar-refractivity contribution is 7.61. The number of methoxy groups -OCH3 is 1. The van der Waals surface area contributed by atoms with Crippen LogP contribution in [0.1, 0.15) is 59.3 Å². The summed E-state index contributed by atoms with van der Waals surface area (Å²) >= 11 is 0. The van der Waals surface area contributed by atoms with Crippen molar-refractivity contribution in [3.8, 4) is 0 Å². The van der Waals surface area contributed by atoms with Gasteiger partial charge in [-0.1, -0.05) is 20.3 Å². The van der Waals surface area contributed by atoms with E-state index in [1.54, 1.807) is 33.7 Å². The molecule has 0 radical (unpaired) electrons. The van der Waals surface area contributed by atoms with Crippen LogP contribution in [0.3, 0.4) is 0 Å². The van der Waals surface area contributed by atoms with Crippen LogP contribution in [0.4, 0.5) is 0 Å². The summed E-state index contributed by atoms with van der Waals surface area (Å²) in [4.78, 5) is 61.5. The number of amides is 1. The van der Waals surface area contributed by atoms with E-state index in [-0.39, 0.29) is 62.7 Å². The highest BCUT2D eigenvalue weighted by atomic mass is 31.2. The number of hydrogen-bond acceptors (Lipinski definition) is 12. The van der Waals surface area contributed by atoms with Crippen molar-refractivity contribution in [3.63, 3.8) is 0 Å². The lowest BCUT2D eigenvalue weighted by molar-refractivity contribution is -0.147. The monoisotopic (exact) mass is 809 g/mol. The number of hydrogen-bond donors (Lipinski definition) is 6. The van der Waals surface area contributed by atoms with E-state index in [9.17, 15) is 24.0 Å².